The summed E-state index contributed by atoms with van der Waals surface area (Å²) >= 11 is 0. The molecule has 0 radical (unpaired) electrons. The predicted molar refractivity (Wildman–Crippen MR) is 70.2 cm³/mol. The van der Waals surface area contributed by atoms with E-state index in [-0.39, 0.29) is 5.69 Å². The summed E-state index contributed by atoms with van der Waals surface area (Å²) in [6, 6.07) is 4.75. The van der Waals surface area contributed by atoms with E-state index in [2.05, 4.69) is 11.9 Å². The maximum absolute atomic E-state index is 10.7. The van der Waals surface area contributed by atoms with Crippen LogP contribution in [0, 0.1) is 10.1 Å². The van der Waals surface area contributed by atoms with Crippen molar-refractivity contribution >= 4 is 16.9 Å². The summed E-state index contributed by atoms with van der Waals surface area (Å²) in [5.74, 6) is 0. The Morgan fingerprint density at radius 3 is 2.65 bits per heavy atom. The van der Waals surface area contributed by atoms with Crippen molar-refractivity contribution < 1.29 is 4.92 Å². The molecule has 0 bridgehead atoms. The predicted octanol–water partition coefficient (Wildman–Crippen LogP) is 2.21. The van der Waals surface area contributed by atoms with Crippen molar-refractivity contribution in [3.05, 3.63) is 40.5 Å². The molecule has 1 N–H and O–H groups in total. The summed E-state index contributed by atoms with van der Waals surface area (Å²) in [6.07, 6.45) is 0. The van der Waals surface area contributed by atoms with Gasteiger partial charge in [-0.3, -0.25) is 10.1 Å². The fraction of sp³-hybridized carbons (Fsp3) is 0.333. The van der Waals surface area contributed by atoms with Gasteiger partial charge in [0, 0.05) is 37.0 Å². The Balaban J connectivity index is 3.08. The van der Waals surface area contributed by atoms with Crippen molar-refractivity contribution in [2.75, 3.05) is 33.0 Å². The van der Waals surface area contributed by atoms with E-state index in [1.165, 1.54) is 12.1 Å². The molecule has 0 aliphatic carbocycles. The van der Waals surface area contributed by atoms with Crippen LogP contribution < -0.4 is 5.32 Å². The summed E-state index contributed by atoms with van der Waals surface area (Å²) < 4.78 is 0. The Labute approximate surface area is 101 Å². The quantitative estimate of drug-likeness (QED) is 0.628. The van der Waals surface area contributed by atoms with Gasteiger partial charge in [-0.1, -0.05) is 6.58 Å². The van der Waals surface area contributed by atoms with E-state index in [0.29, 0.717) is 6.54 Å². The molecular weight excluding hydrogens is 218 g/mol. The lowest BCUT2D eigenvalue weighted by Gasteiger charge is -2.15. The van der Waals surface area contributed by atoms with Crippen LogP contribution in [0.1, 0.15) is 5.56 Å². The molecule has 0 aromatic heterocycles. The molecule has 17 heavy (non-hydrogen) atoms. The van der Waals surface area contributed by atoms with E-state index in [9.17, 15) is 10.1 Å². The normalized spacial score (nSPS) is 10.4. The van der Waals surface area contributed by atoms with Gasteiger partial charge >= 0.3 is 0 Å². The van der Waals surface area contributed by atoms with E-state index in [1.54, 1.807) is 13.1 Å². The summed E-state index contributed by atoms with van der Waals surface area (Å²) in [5.41, 5.74) is 2.64. The molecule has 0 aliphatic heterocycles. The maximum Gasteiger partial charge on any atom is 0.271 e. The highest BCUT2D eigenvalue weighted by molar-refractivity contribution is 5.77. The highest BCUT2D eigenvalue weighted by Crippen LogP contribution is 2.27. The number of nitro groups is 1. The molecular formula is C12H17N3O2. The highest BCUT2D eigenvalue weighted by Gasteiger charge is 2.12. The summed E-state index contributed by atoms with van der Waals surface area (Å²) in [6.45, 7) is 4.71. The maximum atomic E-state index is 10.7. The largest absolute Gasteiger partial charge is 0.387 e. The van der Waals surface area contributed by atoms with Gasteiger partial charge in [-0.05, 0) is 25.7 Å². The number of nitrogens with zero attached hydrogens (tertiary/aromatic N) is 2. The number of rotatable bonds is 5. The van der Waals surface area contributed by atoms with E-state index in [4.69, 9.17) is 0 Å². The van der Waals surface area contributed by atoms with Crippen molar-refractivity contribution in [3.8, 4) is 0 Å². The van der Waals surface area contributed by atoms with Gasteiger partial charge in [0.25, 0.3) is 5.69 Å². The number of nitrogens with one attached hydrogen (secondary N) is 1. The zero-order valence-corrected chi connectivity index (χ0v) is 10.4. The Hall–Kier alpha value is -1.88. The lowest BCUT2D eigenvalue weighted by atomic mass is 10.0. The minimum Gasteiger partial charge on any atom is -0.387 e. The first-order valence-electron chi connectivity index (χ1n) is 5.24. The third-order valence-corrected chi connectivity index (χ3v) is 2.37. The Kier molecular flexibility index (Phi) is 4.23. The Bertz CT molecular complexity index is 441. The van der Waals surface area contributed by atoms with E-state index >= 15 is 0 Å². The number of anilines is 1. The van der Waals surface area contributed by atoms with Crippen molar-refractivity contribution in [3.63, 3.8) is 0 Å². The average Bonchev–Trinajstić information content (AvgIpc) is 2.27. The molecule has 0 amide bonds. The van der Waals surface area contributed by atoms with Crippen LogP contribution in [0.5, 0.6) is 0 Å². The number of non-ortho nitro benzene ring substituents is 1. The minimum atomic E-state index is -0.403. The van der Waals surface area contributed by atoms with Crippen molar-refractivity contribution in [1.82, 2.24) is 4.90 Å². The molecule has 5 nitrogen and oxygen atoms in total. The van der Waals surface area contributed by atoms with E-state index in [0.717, 1.165) is 16.8 Å². The van der Waals surface area contributed by atoms with Gasteiger partial charge in [0.1, 0.15) is 0 Å². The molecule has 0 spiro atoms. The van der Waals surface area contributed by atoms with Crippen LogP contribution in [0.25, 0.3) is 5.57 Å². The number of benzene rings is 1. The number of nitro benzene ring substituents is 1. The molecule has 0 aliphatic rings. The van der Waals surface area contributed by atoms with Gasteiger partial charge < -0.3 is 10.2 Å². The van der Waals surface area contributed by atoms with Crippen LogP contribution in [0.4, 0.5) is 11.4 Å². The van der Waals surface area contributed by atoms with Gasteiger partial charge in [-0.2, -0.15) is 0 Å². The second kappa shape index (κ2) is 5.45. The van der Waals surface area contributed by atoms with Gasteiger partial charge in [0.15, 0.2) is 0 Å². The highest BCUT2D eigenvalue weighted by atomic mass is 16.6. The molecule has 1 aromatic rings. The second-order valence-corrected chi connectivity index (χ2v) is 4.08. The lowest BCUT2D eigenvalue weighted by molar-refractivity contribution is -0.384. The first kappa shape index (κ1) is 13.2. The molecule has 92 valence electrons. The number of likely N-dealkylation sites (N-methyl/N-ethyl adjacent to an activating group) is 1. The molecule has 0 heterocycles. The Morgan fingerprint density at radius 2 is 2.18 bits per heavy atom. The summed E-state index contributed by atoms with van der Waals surface area (Å²) in [5, 5.41) is 13.6. The van der Waals surface area contributed by atoms with Crippen molar-refractivity contribution in [1.29, 1.82) is 0 Å². The molecule has 5 heteroatoms. The lowest BCUT2D eigenvalue weighted by Crippen LogP contribution is -2.14. The smallest absolute Gasteiger partial charge is 0.271 e. The first-order valence-corrected chi connectivity index (χ1v) is 5.24. The fourth-order valence-corrected chi connectivity index (χ4v) is 1.63. The molecule has 0 fully saturated rings. The monoisotopic (exact) mass is 235 g/mol. The third-order valence-electron chi connectivity index (χ3n) is 2.37. The number of hydrogen-bond donors (Lipinski definition) is 1. The molecule has 1 aromatic carbocycles. The topological polar surface area (TPSA) is 58.4 Å². The molecule has 1 rings (SSSR count). The first-order chi connectivity index (χ1) is 7.95. The zero-order chi connectivity index (χ0) is 13.0. The van der Waals surface area contributed by atoms with Gasteiger partial charge in [0.05, 0.1) is 4.92 Å². The van der Waals surface area contributed by atoms with Crippen LogP contribution in [-0.4, -0.2) is 37.5 Å². The average molecular weight is 235 g/mol. The molecule has 0 saturated carbocycles. The standard InChI is InChI=1S/C12H17N3O2/c1-9(8-14(3)4)11-6-5-10(15(16)17)7-12(11)13-2/h5-7,13H,1,8H2,2-4H3. The van der Waals surface area contributed by atoms with Crippen LogP contribution in [-0.2, 0) is 0 Å². The van der Waals surface area contributed by atoms with Crippen molar-refractivity contribution in [2.24, 2.45) is 0 Å². The Morgan fingerprint density at radius 1 is 1.53 bits per heavy atom. The van der Waals surface area contributed by atoms with Crippen molar-refractivity contribution in [2.45, 2.75) is 0 Å². The molecule has 0 atom stereocenters. The van der Waals surface area contributed by atoms with Crippen LogP contribution in [0.2, 0.25) is 0 Å². The van der Waals surface area contributed by atoms with E-state index < -0.39 is 4.92 Å². The SMILES string of the molecule is C=C(CN(C)C)c1ccc([N+](=O)[O-])cc1NC. The second-order valence-electron chi connectivity index (χ2n) is 4.08. The van der Waals surface area contributed by atoms with Crippen LogP contribution in [0.3, 0.4) is 0 Å². The third kappa shape index (κ3) is 3.29. The molecule has 0 unspecified atom stereocenters. The van der Waals surface area contributed by atoms with Gasteiger partial charge in [-0.25, -0.2) is 0 Å². The minimum absolute atomic E-state index is 0.0794. The van der Waals surface area contributed by atoms with E-state index in [1.807, 2.05) is 19.0 Å². The van der Waals surface area contributed by atoms with Crippen LogP contribution in [0.15, 0.2) is 24.8 Å². The van der Waals surface area contributed by atoms with Gasteiger partial charge in [0.2, 0.25) is 0 Å². The van der Waals surface area contributed by atoms with Gasteiger partial charge in [-0.15, -0.1) is 0 Å². The summed E-state index contributed by atoms with van der Waals surface area (Å²) in [4.78, 5) is 12.3. The van der Waals surface area contributed by atoms with Crippen LogP contribution >= 0.6 is 0 Å². The zero-order valence-electron chi connectivity index (χ0n) is 10.4. The molecule has 0 saturated heterocycles. The summed E-state index contributed by atoms with van der Waals surface area (Å²) in [7, 11) is 5.65. The number of hydrogen-bond acceptors (Lipinski definition) is 4. The fourth-order valence-electron chi connectivity index (χ4n) is 1.63.